The van der Waals surface area contributed by atoms with Gasteiger partial charge in [0.25, 0.3) is 5.91 Å². The minimum Gasteiger partial charge on any atom is -0.495 e. The molecule has 0 bridgehead atoms. The number of methoxy groups -OCH3 is 1. The molecule has 1 fully saturated rings. The number of nitrogens with zero attached hydrogens (tertiary/aromatic N) is 3. The summed E-state index contributed by atoms with van der Waals surface area (Å²) in [7, 11) is -2.42. The molecule has 1 saturated heterocycles. The Balaban J connectivity index is 1.68. The van der Waals surface area contributed by atoms with Crippen LogP contribution in [0.4, 0.5) is 0 Å². The van der Waals surface area contributed by atoms with Crippen LogP contribution < -0.4 is 10.1 Å². The summed E-state index contributed by atoms with van der Waals surface area (Å²) in [5.74, 6) is 0.805. The number of benzene rings is 2. The zero-order chi connectivity index (χ0) is 24.3. The van der Waals surface area contributed by atoms with Crippen molar-refractivity contribution in [3.8, 4) is 5.75 Å². The maximum absolute atomic E-state index is 13.5. The van der Waals surface area contributed by atoms with E-state index in [1.54, 1.807) is 13.0 Å². The molecular weight excluding hydrogens is 454 g/mol. The maximum Gasteiger partial charge on any atom is 0.252 e. The minimum atomic E-state index is -3.84. The molecule has 1 aliphatic rings. The second kappa shape index (κ2) is 9.94. The number of aryl methyl sites for hydroxylation is 1. The number of rotatable bonds is 7. The van der Waals surface area contributed by atoms with Gasteiger partial charge in [0, 0.05) is 18.2 Å². The molecular formula is C24H29N5O4S. The fourth-order valence-corrected chi connectivity index (χ4v) is 6.10. The van der Waals surface area contributed by atoms with Gasteiger partial charge in [0.1, 0.15) is 22.5 Å². The molecule has 1 aliphatic heterocycles. The molecule has 1 amide bonds. The Morgan fingerprint density at radius 3 is 2.62 bits per heavy atom. The van der Waals surface area contributed by atoms with Crippen LogP contribution in [0.5, 0.6) is 5.75 Å². The quantitative estimate of drug-likeness (QED) is 0.533. The highest BCUT2D eigenvalue weighted by molar-refractivity contribution is 7.89. The molecule has 2 aromatic carbocycles. The Bertz CT molecular complexity index is 1260. The molecule has 10 heteroatoms. The summed E-state index contributed by atoms with van der Waals surface area (Å²) in [6, 6.07) is 13.1. The number of hydrogen-bond acceptors (Lipinski definition) is 6. The lowest BCUT2D eigenvalue weighted by Crippen LogP contribution is -2.42. The predicted molar refractivity (Wildman–Crippen MR) is 127 cm³/mol. The van der Waals surface area contributed by atoms with E-state index in [0.717, 1.165) is 24.8 Å². The van der Waals surface area contributed by atoms with Crippen molar-refractivity contribution < 1.29 is 17.9 Å². The van der Waals surface area contributed by atoms with Gasteiger partial charge in [-0.05, 0) is 50.5 Å². The Kier molecular flexibility index (Phi) is 6.99. The average molecular weight is 484 g/mol. The first kappa shape index (κ1) is 23.9. The van der Waals surface area contributed by atoms with E-state index in [2.05, 4.69) is 20.5 Å². The second-order valence-electron chi connectivity index (χ2n) is 8.42. The number of aromatic amines is 1. The molecule has 2 atom stereocenters. The van der Waals surface area contributed by atoms with Gasteiger partial charge in [0.2, 0.25) is 10.0 Å². The standard InChI is InChI=1S/C24H29N5O4S/c1-16-9-7-8-14-29(16)34(31,32)21-15-19(12-13-20(21)33-3)24(30)26-22(18-10-5-4-6-11-18)23-25-17(2)27-28-23/h4-6,10-13,15-16,22H,7-9,14H2,1-3H3,(H,26,30)(H,25,27,28). The molecule has 0 radical (unpaired) electrons. The maximum atomic E-state index is 13.5. The lowest BCUT2D eigenvalue weighted by Gasteiger charge is -2.32. The van der Waals surface area contributed by atoms with Gasteiger partial charge in [0.15, 0.2) is 5.82 Å². The number of sulfonamides is 1. The second-order valence-corrected chi connectivity index (χ2v) is 10.3. The average Bonchev–Trinajstić information content (AvgIpc) is 3.28. The van der Waals surface area contributed by atoms with E-state index in [0.29, 0.717) is 18.2 Å². The van der Waals surface area contributed by atoms with Crippen molar-refractivity contribution >= 4 is 15.9 Å². The number of aromatic nitrogens is 3. The topological polar surface area (TPSA) is 117 Å². The Morgan fingerprint density at radius 1 is 1.21 bits per heavy atom. The van der Waals surface area contributed by atoms with E-state index < -0.39 is 22.0 Å². The summed E-state index contributed by atoms with van der Waals surface area (Å²) in [6.45, 7) is 4.13. The molecule has 3 aromatic rings. The zero-order valence-corrected chi connectivity index (χ0v) is 20.3. The number of H-pyrrole nitrogens is 1. The third kappa shape index (κ3) is 4.83. The zero-order valence-electron chi connectivity index (χ0n) is 19.5. The number of ether oxygens (including phenoxy) is 1. The van der Waals surface area contributed by atoms with Crippen LogP contribution in [0.2, 0.25) is 0 Å². The molecule has 2 heterocycles. The molecule has 34 heavy (non-hydrogen) atoms. The smallest absolute Gasteiger partial charge is 0.252 e. The van der Waals surface area contributed by atoms with Crippen LogP contribution in [0, 0.1) is 6.92 Å². The van der Waals surface area contributed by atoms with E-state index in [4.69, 9.17) is 4.74 Å². The first-order valence-corrected chi connectivity index (χ1v) is 12.7. The molecule has 9 nitrogen and oxygen atoms in total. The van der Waals surface area contributed by atoms with Gasteiger partial charge >= 0.3 is 0 Å². The predicted octanol–water partition coefficient (Wildman–Crippen LogP) is 3.20. The van der Waals surface area contributed by atoms with E-state index >= 15 is 0 Å². The monoisotopic (exact) mass is 483 g/mol. The number of carbonyl (C=O) groups excluding carboxylic acids is 1. The van der Waals surface area contributed by atoms with Gasteiger partial charge in [-0.15, -0.1) is 0 Å². The Labute approximate surface area is 199 Å². The van der Waals surface area contributed by atoms with Gasteiger partial charge in [-0.1, -0.05) is 36.8 Å². The molecule has 180 valence electrons. The molecule has 1 aromatic heterocycles. The summed E-state index contributed by atoms with van der Waals surface area (Å²) in [5.41, 5.74) is 1.01. The van der Waals surface area contributed by atoms with E-state index in [9.17, 15) is 13.2 Å². The molecule has 2 unspecified atom stereocenters. The lowest BCUT2D eigenvalue weighted by atomic mass is 10.1. The van der Waals surface area contributed by atoms with Gasteiger partial charge in [-0.2, -0.15) is 9.40 Å². The van der Waals surface area contributed by atoms with Crippen LogP contribution in [0.25, 0.3) is 0 Å². The van der Waals surface area contributed by atoms with Crippen LogP contribution in [-0.2, 0) is 10.0 Å². The molecule has 0 saturated carbocycles. The molecule has 2 N–H and O–H groups in total. The van der Waals surface area contributed by atoms with Crippen LogP contribution in [-0.4, -0.2) is 53.5 Å². The summed E-state index contributed by atoms with van der Waals surface area (Å²) in [6.07, 6.45) is 2.60. The summed E-state index contributed by atoms with van der Waals surface area (Å²) >= 11 is 0. The minimum absolute atomic E-state index is 0.0126. The van der Waals surface area contributed by atoms with Crippen LogP contribution in [0.15, 0.2) is 53.4 Å². The van der Waals surface area contributed by atoms with Crippen molar-refractivity contribution in [3.63, 3.8) is 0 Å². The fraction of sp³-hybridized carbons (Fsp3) is 0.375. The van der Waals surface area contributed by atoms with Crippen molar-refractivity contribution in [3.05, 3.63) is 71.3 Å². The van der Waals surface area contributed by atoms with Gasteiger partial charge in [0.05, 0.1) is 7.11 Å². The fourth-order valence-electron chi connectivity index (χ4n) is 4.22. The summed E-state index contributed by atoms with van der Waals surface area (Å²) in [5, 5.41) is 9.97. The number of carbonyl (C=O) groups is 1. The Hall–Kier alpha value is -3.24. The van der Waals surface area contributed by atoms with Gasteiger partial charge < -0.3 is 10.1 Å². The van der Waals surface area contributed by atoms with Gasteiger partial charge in [-0.25, -0.2) is 13.4 Å². The summed E-state index contributed by atoms with van der Waals surface area (Å²) in [4.78, 5) is 17.7. The number of piperidine rings is 1. The van der Waals surface area contributed by atoms with Crippen molar-refractivity contribution in [1.82, 2.24) is 24.8 Å². The molecule has 4 rings (SSSR count). The van der Waals surface area contributed by atoms with E-state index in [-0.39, 0.29) is 22.3 Å². The highest BCUT2D eigenvalue weighted by Crippen LogP contribution is 2.32. The van der Waals surface area contributed by atoms with Crippen LogP contribution >= 0.6 is 0 Å². The highest BCUT2D eigenvalue weighted by atomic mass is 32.2. The first-order valence-electron chi connectivity index (χ1n) is 11.3. The van der Waals surface area contributed by atoms with Crippen molar-refractivity contribution in [1.29, 1.82) is 0 Å². The lowest BCUT2D eigenvalue weighted by molar-refractivity contribution is 0.0941. The third-order valence-electron chi connectivity index (χ3n) is 6.04. The highest BCUT2D eigenvalue weighted by Gasteiger charge is 2.34. The first-order chi connectivity index (χ1) is 16.3. The summed E-state index contributed by atoms with van der Waals surface area (Å²) < 4.78 is 33.9. The number of amides is 1. The SMILES string of the molecule is COc1ccc(C(=O)NC(c2ccccc2)c2n[nH]c(C)n2)cc1S(=O)(=O)N1CCCCC1C. The normalized spacial score (nSPS) is 17.8. The van der Waals surface area contributed by atoms with E-state index in [1.165, 1.54) is 23.5 Å². The van der Waals surface area contributed by atoms with E-state index in [1.807, 2.05) is 37.3 Å². The van der Waals surface area contributed by atoms with Crippen molar-refractivity contribution in [2.24, 2.45) is 0 Å². The molecule has 0 aliphatic carbocycles. The molecule has 0 spiro atoms. The largest absolute Gasteiger partial charge is 0.495 e. The Morgan fingerprint density at radius 2 is 1.97 bits per heavy atom. The number of nitrogens with one attached hydrogen (secondary N) is 2. The van der Waals surface area contributed by atoms with Crippen LogP contribution in [0.1, 0.15) is 59.8 Å². The van der Waals surface area contributed by atoms with Crippen LogP contribution in [0.3, 0.4) is 0 Å². The van der Waals surface area contributed by atoms with Crippen molar-refractivity contribution in [2.75, 3.05) is 13.7 Å². The van der Waals surface area contributed by atoms with Gasteiger partial charge in [-0.3, -0.25) is 9.89 Å². The third-order valence-corrected chi connectivity index (χ3v) is 8.07. The number of hydrogen-bond donors (Lipinski definition) is 2. The van der Waals surface area contributed by atoms with Crippen molar-refractivity contribution in [2.45, 2.75) is 50.1 Å².